The fourth-order valence-corrected chi connectivity index (χ4v) is 3.03. The molecule has 1 N–H and O–H groups in total. The van der Waals surface area contributed by atoms with E-state index in [4.69, 9.17) is 4.74 Å². The molecule has 0 aromatic heterocycles. The number of aromatic hydroxyl groups is 1. The third kappa shape index (κ3) is 1.87. The Morgan fingerprint density at radius 3 is 2.94 bits per heavy atom. The van der Waals surface area contributed by atoms with Gasteiger partial charge in [0.25, 0.3) is 0 Å². The Bertz CT molecular complexity index is 450. The standard InChI is InChI=1S/C15H18O2/c1-10-6-7-11-8-13(10)15(17-9-11)12-4-2-3-5-14(12)16/h2-6,11,13,15-16H,7-9H2,1H3/t11-,13-,15-/m1/s1. The number of hydrogen-bond donors (Lipinski definition) is 1. The van der Waals surface area contributed by atoms with Crippen molar-refractivity contribution in [3.8, 4) is 5.75 Å². The molecule has 0 amide bonds. The second kappa shape index (κ2) is 4.19. The minimum Gasteiger partial charge on any atom is -0.508 e. The Balaban J connectivity index is 1.96. The second-order valence-electron chi connectivity index (χ2n) is 5.20. The van der Waals surface area contributed by atoms with E-state index in [-0.39, 0.29) is 6.10 Å². The topological polar surface area (TPSA) is 29.5 Å². The van der Waals surface area contributed by atoms with Crippen LogP contribution in [-0.2, 0) is 4.74 Å². The van der Waals surface area contributed by atoms with E-state index in [0.29, 0.717) is 17.6 Å². The molecule has 2 nitrogen and oxygen atoms in total. The zero-order valence-electron chi connectivity index (χ0n) is 10.1. The molecule has 90 valence electrons. The molecule has 17 heavy (non-hydrogen) atoms. The number of phenols is 1. The molecule has 1 aromatic rings. The molecule has 1 fully saturated rings. The SMILES string of the molecule is CC1=CC[C@H]2CO[C@H](c3ccccc3O)[C@@H]1C2. The summed E-state index contributed by atoms with van der Waals surface area (Å²) < 4.78 is 5.98. The van der Waals surface area contributed by atoms with Gasteiger partial charge in [-0.1, -0.05) is 29.8 Å². The molecule has 1 aliphatic heterocycles. The van der Waals surface area contributed by atoms with Crippen molar-refractivity contribution in [2.75, 3.05) is 6.61 Å². The summed E-state index contributed by atoms with van der Waals surface area (Å²) in [5.41, 5.74) is 2.35. The predicted molar refractivity (Wildman–Crippen MR) is 66.8 cm³/mol. The fourth-order valence-electron chi connectivity index (χ4n) is 3.03. The molecule has 1 aromatic carbocycles. The maximum Gasteiger partial charge on any atom is 0.121 e. The summed E-state index contributed by atoms with van der Waals surface area (Å²) in [4.78, 5) is 0. The monoisotopic (exact) mass is 230 g/mol. The largest absolute Gasteiger partial charge is 0.508 e. The smallest absolute Gasteiger partial charge is 0.121 e. The van der Waals surface area contributed by atoms with Crippen molar-refractivity contribution >= 4 is 0 Å². The van der Waals surface area contributed by atoms with E-state index in [1.54, 1.807) is 6.07 Å². The van der Waals surface area contributed by atoms with E-state index in [9.17, 15) is 5.11 Å². The summed E-state index contributed by atoms with van der Waals surface area (Å²) in [7, 11) is 0. The van der Waals surface area contributed by atoms with Gasteiger partial charge in [-0.25, -0.2) is 0 Å². The molecule has 1 saturated heterocycles. The number of para-hydroxylation sites is 1. The molecular weight excluding hydrogens is 212 g/mol. The van der Waals surface area contributed by atoms with Crippen molar-refractivity contribution in [2.45, 2.75) is 25.9 Å². The van der Waals surface area contributed by atoms with Gasteiger partial charge in [0.05, 0.1) is 12.7 Å². The first-order chi connectivity index (χ1) is 8.25. The quantitative estimate of drug-likeness (QED) is 0.749. The maximum absolute atomic E-state index is 9.95. The molecule has 2 heteroatoms. The Kier molecular flexibility index (Phi) is 2.67. The number of allylic oxidation sites excluding steroid dienone is 1. The first kappa shape index (κ1) is 10.8. The first-order valence-electron chi connectivity index (χ1n) is 6.32. The molecule has 3 rings (SSSR count). The third-order valence-electron chi connectivity index (χ3n) is 4.07. The minimum atomic E-state index is 0.0315. The van der Waals surface area contributed by atoms with Gasteiger partial charge in [-0.2, -0.15) is 0 Å². The van der Waals surface area contributed by atoms with Crippen LogP contribution in [0.4, 0.5) is 0 Å². The Morgan fingerprint density at radius 2 is 2.12 bits per heavy atom. The van der Waals surface area contributed by atoms with Crippen LogP contribution in [0.15, 0.2) is 35.9 Å². The highest BCUT2D eigenvalue weighted by Crippen LogP contribution is 2.45. The van der Waals surface area contributed by atoms with Crippen LogP contribution in [0.5, 0.6) is 5.75 Å². The highest BCUT2D eigenvalue weighted by molar-refractivity contribution is 5.36. The molecule has 0 saturated carbocycles. The van der Waals surface area contributed by atoms with Crippen LogP contribution >= 0.6 is 0 Å². The van der Waals surface area contributed by atoms with Gasteiger partial charge in [0.1, 0.15) is 5.75 Å². The summed E-state index contributed by atoms with van der Waals surface area (Å²) in [5, 5.41) is 9.95. The van der Waals surface area contributed by atoms with Crippen molar-refractivity contribution in [3.63, 3.8) is 0 Å². The normalized spacial score (nSPS) is 32.1. The van der Waals surface area contributed by atoms with Crippen LogP contribution in [-0.4, -0.2) is 11.7 Å². The number of rotatable bonds is 1. The fraction of sp³-hybridized carbons (Fsp3) is 0.467. The summed E-state index contributed by atoms with van der Waals surface area (Å²) >= 11 is 0. The minimum absolute atomic E-state index is 0.0315. The van der Waals surface area contributed by atoms with E-state index in [2.05, 4.69) is 13.0 Å². The molecular formula is C15H18O2. The van der Waals surface area contributed by atoms with Crippen molar-refractivity contribution in [2.24, 2.45) is 11.8 Å². The molecule has 3 atom stereocenters. The van der Waals surface area contributed by atoms with Crippen LogP contribution < -0.4 is 0 Å². The van der Waals surface area contributed by atoms with Crippen LogP contribution in [0, 0.1) is 11.8 Å². The molecule has 0 spiro atoms. The van der Waals surface area contributed by atoms with Crippen molar-refractivity contribution in [1.29, 1.82) is 0 Å². The lowest BCUT2D eigenvalue weighted by Crippen LogP contribution is -2.32. The van der Waals surface area contributed by atoms with Crippen molar-refractivity contribution in [1.82, 2.24) is 0 Å². The Morgan fingerprint density at radius 1 is 1.29 bits per heavy atom. The summed E-state index contributed by atoms with van der Waals surface area (Å²) in [6, 6.07) is 7.54. The van der Waals surface area contributed by atoms with Gasteiger partial charge in [-0.3, -0.25) is 0 Å². The number of phenolic OH excluding ortho intramolecular Hbond substituents is 1. The number of fused-ring (bicyclic) bond motifs is 2. The number of benzene rings is 1. The molecule has 2 bridgehead atoms. The average Bonchev–Trinajstić information content (AvgIpc) is 2.36. The lowest BCUT2D eigenvalue weighted by atomic mass is 9.75. The van der Waals surface area contributed by atoms with E-state index >= 15 is 0 Å². The highest BCUT2D eigenvalue weighted by Gasteiger charge is 2.36. The maximum atomic E-state index is 9.95. The van der Waals surface area contributed by atoms with Crippen LogP contribution in [0.2, 0.25) is 0 Å². The molecule has 2 aliphatic rings. The van der Waals surface area contributed by atoms with Gasteiger partial charge < -0.3 is 9.84 Å². The summed E-state index contributed by atoms with van der Waals surface area (Å²) in [5.74, 6) is 1.47. The summed E-state index contributed by atoms with van der Waals surface area (Å²) in [6.07, 6.45) is 4.72. The second-order valence-corrected chi connectivity index (χ2v) is 5.20. The molecule has 0 unspecified atom stereocenters. The van der Waals surface area contributed by atoms with Crippen LogP contribution in [0.25, 0.3) is 0 Å². The van der Waals surface area contributed by atoms with Gasteiger partial charge >= 0.3 is 0 Å². The van der Waals surface area contributed by atoms with Crippen molar-refractivity contribution < 1.29 is 9.84 Å². The van der Waals surface area contributed by atoms with Gasteiger partial charge in [0.15, 0.2) is 0 Å². The predicted octanol–water partition coefficient (Wildman–Crippen LogP) is 3.44. The highest BCUT2D eigenvalue weighted by atomic mass is 16.5. The van der Waals surface area contributed by atoms with Crippen LogP contribution in [0.3, 0.4) is 0 Å². The third-order valence-corrected chi connectivity index (χ3v) is 4.07. The Hall–Kier alpha value is -1.28. The lowest BCUT2D eigenvalue weighted by Gasteiger charge is -2.40. The number of ether oxygens (including phenoxy) is 1. The average molecular weight is 230 g/mol. The van der Waals surface area contributed by atoms with Crippen LogP contribution in [0.1, 0.15) is 31.4 Å². The van der Waals surface area contributed by atoms with E-state index < -0.39 is 0 Å². The molecule has 1 heterocycles. The van der Waals surface area contributed by atoms with E-state index in [0.717, 1.165) is 18.6 Å². The van der Waals surface area contributed by atoms with Gasteiger partial charge in [-0.05, 0) is 31.7 Å². The van der Waals surface area contributed by atoms with E-state index in [1.807, 2.05) is 18.2 Å². The number of hydrogen-bond acceptors (Lipinski definition) is 2. The first-order valence-corrected chi connectivity index (χ1v) is 6.32. The van der Waals surface area contributed by atoms with Crippen molar-refractivity contribution in [3.05, 3.63) is 41.5 Å². The zero-order chi connectivity index (χ0) is 11.8. The van der Waals surface area contributed by atoms with Gasteiger partial charge in [0, 0.05) is 11.5 Å². The van der Waals surface area contributed by atoms with Gasteiger partial charge in [0.2, 0.25) is 0 Å². The molecule has 1 aliphatic carbocycles. The Labute approximate surface area is 102 Å². The lowest BCUT2D eigenvalue weighted by molar-refractivity contribution is -0.0521. The van der Waals surface area contributed by atoms with E-state index in [1.165, 1.54) is 12.0 Å². The van der Waals surface area contributed by atoms with Gasteiger partial charge in [-0.15, -0.1) is 0 Å². The summed E-state index contributed by atoms with van der Waals surface area (Å²) in [6.45, 7) is 3.00. The molecule has 0 radical (unpaired) electrons. The zero-order valence-corrected chi connectivity index (χ0v) is 10.1.